The summed E-state index contributed by atoms with van der Waals surface area (Å²) < 4.78 is 15.7. The van der Waals surface area contributed by atoms with Crippen molar-refractivity contribution < 1.29 is 8.83 Å². The van der Waals surface area contributed by atoms with Gasteiger partial charge in [-0.05, 0) is 59.4 Å². The van der Waals surface area contributed by atoms with Crippen molar-refractivity contribution in [2.24, 2.45) is 12.5 Å². The molecule has 4 heteroatoms. The van der Waals surface area contributed by atoms with Gasteiger partial charge in [0.25, 0.3) is 0 Å². The third kappa shape index (κ3) is 2.96. The van der Waals surface area contributed by atoms with Crippen LogP contribution in [-0.4, -0.2) is 4.57 Å². The summed E-state index contributed by atoms with van der Waals surface area (Å²) in [5.41, 5.74) is 7.56. The highest BCUT2D eigenvalue weighted by Gasteiger charge is 2.24. The highest BCUT2D eigenvalue weighted by Crippen LogP contribution is 2.45. The number of aromatic nitrogens is 1. The van der Waals surface area contributed by atoms with Crippen LogP contribution in [-0.2, 0) is 13.5 Å². The zero-order valence-corrected chi connectivity index (χ0v) is 22.5. The quantitative estimate of drug-likeness (QED) is 0.130. The predicted molar refractivity (Wildman–Crippen MR) is 156 cm³/mol. The summed E-state index contributed by atoms with van der Waals surface area (Å²) >= 11 is 0. The minimum absolute atomic E-state index is 0.115. The summed E-state index contributed by atoms with van der Waals surface area (Å²) in [4.78, 5) is 1.11. The molecule has 0 spiro atoms. The molecule has 7 aromatic rings. The maximum absolute atomic E-state index is 6.96. The number of pyridine rings is 1. The van der Waals surface area contributed by atoms with E-state index < -0.39 is 0 Å². The molecule has 1 unspecified atom stereocenters. The molecule has 0 aliphatic rings. The van der Waals surface area contributed by atoms with Crippen molar-refractivity contribution in [1.29, 1.82) is 0 Å². The van der Waals surface area contributed by atoms with Crippen LogP contribution in [0.25, 0.3) is 65.6 Å². The molecule has 0 N–H and O–H groups in total. The normalized spacial score (nSPS) is 12.8. The van der Waals surface area contributed by atoms with E-state index in [1.54, 1.807) is 0 Å². The first kappa shape index (κ1) is 21.7. The molecule has 0 fully saturated rings. The second-order valence-electron chi connectivity index (χ2n) is 11.4. The van der Waals surface area contributed by atoms with E-state index in [1.165, 1.54) is 32.8 Å². The largest absolute Gasteiger partial charge is 0.456 e. The average molecular weight is 491 g/mol. The minimum Gasteiger partial charge on any atom is -0.456 e. The molecule has 0 aliphatic heterocycles. The van der Waals surface area contributed by atoms with Crippen LogP contribution in [0.2, 0.25) is 0 Å². The van der Waals surface area contributed by atoms with Crippen LogP contribution in [0.4, 0.5) is 0 Å². The summed E-state index contributed by atoms with van der Waals surface area (Å²) in [6.45, 7) is 9.13. The lowest BCUT2D eigenvalue weighted by atomic mass is 9.83. The Morgan fingerprint density at radius 2 is 1.53 bits per heavy atom. The van der Waals surface area contributed by atoms with Crippen LogP contribution in [0, 0.1) is 17.3 Å². The Balaban J connectivity index is 1.78. The third-order valence-corrected chi connectivity index (χ3v) is 7.89. The van der Waals surface area contributed by atoms with Crippen molar-refractivity contribution in [2.75, 3.05) is 0 Å². The van der Waals surface area contributed by atoms with Gasteiger partial charge in [0.1, 0.15) is 27.3 Å². The first-order valence-corrected chi connectivity index (χ1v) is 13.1. The Kier molecular flexibility index (Phi) is 4.37. The van der Waals surface area contributed by atoms with E-state index in [1.807, 2.05) is 0 Å². The zero-order valence-electron chi connectivity index (χ0n) is 21.3. The van der Waals surface area contributed by atoms with Crippen molar-refractivity contribution in [1.82, 2.24) is 4.57 Å². The summed E-state index contributed by atoms with van der Waals surface area (Å²) in [5.74, 6) is 0. The van der Waals surface area contributed by atoms with Crippen LogP contribution < -0.4 is 0 Å². The van der Waals surface area contributed by atoms with Gasteiger partial charge < -0.3 is 13.4 Å². The first-order chi connectivity index (χ1) is 17.2. The van der Waals surface area contributed by atoms with Crippen LogP contribution >= 0.6 is 8.86 Å². The molecule has 0 radical (unpaired) electrons. The number of nitrogens with zero attached hydrogens (tertiary/aromatic N) is 1. The maximum atomic E-state index is 6.96. The Hall–Kier alpha value is -3.55. The Labute approximate surface area is 211 Å². The fraction of sp³-hybridized carbons (Fsp3) is 0.219. The lowest BCUT2D eigenvalue weighted by Gasteiger charge is -2.23. The van der Waals surface area contributed by atoms with Crippen molar-refractivity contribution in [3.63, 3.8) is 0 Å². The van der Waals surface area contributed by atoms with E-state index in [2.05, 4.69) is 109 Å². The van der Waals surface area contributed by atoms with Crippen molar-refractivity contribution >= 4 is 74.4 Å². The lowest BCUT2D eigenvalue weighted by Crippen LogP contribution is -2.10. The molecule has 0 bridgehead atoms. The molecule has 3 nitrogen and oxygen atoms in total. The molecule has 3 heterocycles. The van der Waals surface area contributed by atoms with Gasteiger partial charge in [0.2, 0.25) is 0 Å². The van der Waals surface area contributed by atoms with E-state index in [0.717, 1.165) is 55.2 Å². The van der Waals surface area contributed by atoms with Gasteiger partial charge in [0, 0.05) is 46.4 Å². The summed E-state index contributed by atoms with van der Waals surface area (Å²) in [7, 11) is 4.90. The van der Waals surface area contributed by atoms with E-state index in [0.29, 0.717) is 0 Å². The molecule has 4 aromatic carbocycles. The number of hydrogen-bond acceptors (Lipinski definition) is 2. The molecule has 3 aromatic heterocycles. The Morgan fingerprint density at radius 3 is 2.31 bits per heavy atom. The van der Waals surface area contributed by atoms with Crippen molar-refractivity contribution in [3.05, 3.63) is 76.9 Å². The third-order valence-electron chi connectivity index (χ3n) is 7.53. The molecule has 0 amide bonds. The maximum Gasteiger partial charge on any atom is 0.143 e. The monoisotopic (exact) mass is 490 g/mol. The molecule has 7 rings (SSSR count). The second-order valence-corrected chi connectivity index (χ2v) is 12.0. The molecule has 1 atom stereocenters. The van der Waals surface area contributed by atoms with Gasteiger partial charge in [-0.2, -0.15) is 0 Å². The lowest BCUT2D eigenvalue weighted by molar-refractivity contribution is 0.411. The predicted octanol–water partition coefficient (Wildman–Crippen LogP) is 9.43. The fourth-order valence-corrected chi connectivity index (χ4v) is 6.26. The van der Waals surface area contributed by atoms with E-state index >= 15 is 0 Å². The molecule has 0 aliphatic carbocycles. The van der Waals surface area contributed by atoms with Gasteiger partial charge in [0.05, 0.1) is 19.8 Å². The second kappa shape index (κ2) is 7.24. The van der Waals surface area contributed by atoms with Gasteiger partial charge in [-0.3, -0.25) is 0 Å². The molecular weight excluding hydrogens is 461 g/mol. The SMILES string of the molecule is Cc1c2ccccc2c(CC(C)(C)C)c2oc3cc4c5ccc(=[PH2+])cc5oc4c4ccn(C)c(c12)c34. The van der Waals surface area contributed by atoms with Crippen LogP contribution in [0.15, 0.2) is 69.6 Å². The molecule has 36 heavy (non-hydrogen) atoms. The van der Waals surface area contributed by atoms with Crippen molar-refractivity contribution in [2.45, 2.75) is 34.1 Å². The van der Waals surface area contributed by atoms with Gasteiger partial charge in [-0.1, -0.05) is 45.0 Å². The smallest absolute Gasteiger partial charge is 0.143 e. The van der Waals surface area contributed by atoms with Gasteiger partial charge >= 0.3 is 0 Å². The fourth-order valence-electron chi connectivity index (χ4n) is 6.01. The van der Waals surface area contributed by atoms with Crippen molar-refractivity contribution in [3.8, 4) is 0 Å². The number of rotatable bonds is 1. The van der Waals surface area contributed by atoms with Gasteiger partial charge in [-0.15, -0.1) is 0 Å². The highest BCUT2D eigenvalue weighted by atomic mass is 31.0. The van der Waals surface area contributed by atoms with Gasteiger partial charge in [-0.25, -0.2) is 0 Å². The number of benzene rings is 4. The number of hydrogen-bond donors (Lipinski definition) is 0. The Morgan fingerprint density at radius 1 is 0.778 bits per heavy atom. The Bertz CT molecular complexity index is 2100. The first-order valence-electron chi connectivity index (χ1n) is 12.5. The topological polar surface area (TPSA) is 31.2 Å². The van der Waals surface area contributed by atoms with E-state index in [9.17, 15) is 0 Å². The van der Waals surface area contributed by atoms with Crippen LogP contribution in [0.3, 0.4) is 0 Å². The number of fused-ring (bicyclic) bond motifs is 7. The summed E-state index contributed by atoms with van der Waals surface area (Å²) in [5, 5.41) is 8.18. The van der Waals surface area contributed by atoms with Crippen LogP contribution in [0.1, 0.15) is 31.9 Å². The van der Waals surface area contributed by atoms with Gasteiger partial charge in [0.15, 0.2) is 0 Å². The number of furan rings is 1. The minimum atomic E-state index is 0.115. The standard InChI is InChI=1S/C32H28NO2P/c1-17-19-8-6-7-9-20(19)24(16-32(2,3)4)31-27(17)29-28-22(12-13-33(29)5)30-23(15-26(28)35-31)21-11-10-18(36)14-25(21)34-30/h6-15,36H,16H2,1-5H3/p+1. The molecular formula is C32H29NO2P+. The molecule has 178 valence electrons. The van der Waals surface area contributed by atoms with E-state index in [4.69, 9.17) is 8.83 Å². The molecule has 0 saturated carbocycles. The zero-order chi connectivity index (χ0) is 24.9. The average Bonchev–Trinajstić information content (AvgIpc) is 3.19. The highest BCUT2D eigenvalue weighted by molar-refractivity contribution is 7.07. The van der Waals surface area contributed by atoms with E-state index in [-0.39, 0.29) is 5.41 Å². The summed E-state index contributed by atoms with van der Waals surface area (Å²) in [6, 6.07) is 19.5. The summed E-state index contributed by atoms with van der Waals surface area (Å²) in [6.07, 6.45) is 3.08. The van der Waals surface area contributed by atoms with Crippen LogP contribution in [0.5, 0.6) is 0 Å². The number of aryl methyl sites for hydroxylation is 2. The molecule has 0 saturated heterocycles.